The maximum absolute atomic E-state index is 11.8. The molecule has 0 saturated heterocycles. The first-order valence-electron chi connectivity index (χ1n) is 6.55. The summed E-state index contributed by atoms with van der Waals surface area (Å²) in [7, 11) is 1.53. The second kappa shape index (κ2) is 7.54. The fraction of sp³-hybridized carbons (Fsp3) is 0.267. The van der Waals surface area contributed by atoms with Crippen molar-refractivity contribution in [1.82, 2.24) is 4.98 Å². The summed E-state index contributed by atoms with van der Waals surface area (Å²) in [4.78, 5) is 28.3. The van der Waals surface area contributed by atoms with E-state index >= 15 is 0 Å². The van der Waals surface area contributed by atoms with Crippen molar-refractivity contribution < 1.29 is 14.3 Å². The Labute approximate surface area is 127 Å². The van der Waals surface area contributed by atoms with Gasteiger partial charge in [-0.3, -0.25) is 9.59 Å². The fourth-order valence-electron chi connectivity index (χ4n) is 1.77. The van der Waals surface area contributed by atoms with E-state index in [4.69, 9.17) is 4.74 Å². The number of ketones is 1. The highest BCUT2D eigenvalue weighted by Gasteiger charge is 2.08. The largest absolute Gasteiger partial charge is 0.481 e. The molecule has 0 saturated carbocycles. The number of anilines is 1. The van der Waals surface area contributed by atoms with E-state index in [1.807, 2.05) is 11.4 Å². The minimum atomic E-state index is -0.124. The van der Waals surface area contributed by atoms with Crippen LogP contribution in [0.15, 0.2) is 35.8 Å². The average molecular weight is 304 g/mol. The molecule has 6 heteroatoms. The zero-order valence-electron chi connectivity index (χ0n) is 11.7. The molecule has 0 atom stereocenters. The van der Waals surface area contributed by atoms with Crippen molar-refractivity contribution in [1.29, 1.82) is 0 Å². The maximum atomic E-state index is 11.8. The molecule has 1 amide bonds. The second-order valence-electron chi connectivity index (χ2n) is 4.39. The van der Waals surface area contributed by atoms with Gasteiger partial charge in [-0.05, 0) is 23.9 Å². The number of nitrogens with zero attached hydrogens (tertiary/aromatic N) is 1. The molecule has 0 aliphatic rings. The monoisotopic (exact) mass is 304 g/mol. The number of ether oxygens (including phenoxy) is 1. The average Bonchev–Trinajstić information content (AvgIpc) is 3.02. The third kappa shape index (κ3) is 4.68. The van der Waals surface area contributed by atoms with Crippen molar-refractivity contribution in [2.75, 3.05) is 12.4 Å². The Hall–Kier alpha value is -2.21. The Balaban J connectivity index is 1.73. The van der Waals surface area contributed by atoms with Crippen LogP contribution < -0.4 is 10.1 Å². The van der Waals surface area contributed by atoms with Crippen molar-refractivity contribution in [3.05, 3.63) is 40.7 Å². The lowest BCUT2D eigenvalue weighted by atomic mass is 10.1. The lowest BCUT2D eigenvalue weighted by Gasteiger charge is -2.05. The minimum Gasteiger partial charge on any atom is -0.481 e. The van der Waals surface area contributed by atoms with Crippen molar-refractivity contribution in [3.8, 4) is 5.88 Å². The van der Waals surface area contributed by atoms with Gasteiger partial charge in [-0.2, -0.15) is 0 Å². The molecular formula is C15H16N2O3S. The number of nitrogens with one attached hydrogen (secondary N) is 1. The quantitative estimate of drug-likeness (QED) is 0.798. The number of pyridine rings is 1. The Morgan fingerprint density at radius 1 is 1.29 bits per heavy atom. The predicted molar refractivity (Wildman–Crippen MR) is 81.9 cm³/mol. The van der Waals surface area contributed by atoms with Crippen molar-refractivity contribution in [2.45, 2.75) is 19.3 Å². The van der Waals surface area contributed by atoms with E-state index in [2.05, 4.69) is 10.3 Å². The van der Waals surface area contributed by atoms with Gasteiger partial charge >= 0.3 is 0 Å². The molecule has 2 rings (SSSR count). The van der Waals surface area contributed by atoms with Crippen LogP contribution in [0.25, 0.3) is 0 Å². The van der Waals surface area contributed by atoms with Crippen LogP contribution in [-0.2, 0) is 4.79 Å². The second-order valence-corrected chi connectivity index (χ2v) is 5.34. The number of Topliss-reactive ketones (excluding diaryl/α,β-unsaturated/α-hetero) is 1. The number of thiophene rings is 1. The van der Waals surface area contributed by atoms with Crippen LogP contribution >= 0.6 is 11.3 Å². The van der Waals surface area contributed by atoms with Gasteiger partial charge < -0.3 is 10.1 Å². The van der Waals surface area contributed by atoms with Crippen molar-refractivity contribution in [2.24, 2.45) is 0 Å². The summed E-state index contributed by atoms with van der Waals surface area (Å²) in [5, 5.41) is 4.61. The third-order valence-electron chi connectivity index (χ3n) is 2.83. The van der Waals surface area contributed by atoms with E-state index in [0.29, 0.717) is 30.8 Å². The number of hydrogen-bond donors (Lipinski definition) is 1. The number of rotatable bonds is 7. The Morgan fingerprint density at radius 3 is 2.76 bits per heavy atom. The van der Waals surface area contributed by atoms with Crippen LogP contribution in [0.2, 0.25) is 0 Å². The summed E-state index contributed by atoms with van der Waals surface area (Å²) in [6.07, 6.45) is 2.76. The summed E-state index contributed by atoms with van der Waals surface area (Å²) < 4.78 is 4.94. The molecule has 0 spiro atoms. The molecular weight excluding hydrogens is 288 g/mol. The number of aromatic nitrogens is 1. The number of hydrogen-bond acceptors (Lipinski definition) is 5. The van der Waals surface area contributed by atoms with Crippen LogP contribution in [0.3, 0.4) is 0 Å². The molecule has 2 aromatic rings. The van der Waals surface area contributed by atoms with Gasteiger partial charge in [-0.15, -0.1) is 11.3 Å². The molecule has 0 aliphatic carbocycles. The Morgan fingerprint density at radius 2 is 2.14 bits per heavy atom. The van der Waals surface area contributed by atoms with E-state index < -0.39 is 0 Å². The normalized spacial score (nSPS) is 10.1. The minimum absolute atomic E-state index is 0.0870. The number of methoxy groups -OCH3 is 1. The predicted octanol–water partition coefficient (Wildman–Crippen LogP) is 3.14. The SMILES string of the molecule is COc1ccc(NC(=O)CCCC(=O)c2cccs2)cn1. The highest BCUT2D eigenvalue weighted by molar-refractivity contribution is 7.12. The molecule has 0 aromatic carbocycles. The molecule has 0 unspecified atom stereocenters. The number of carbonyl (C=O) groups excluding carboxylic acids is 2. The summed E-state index contributed by atoms with van der Waals surface area (Å²) in [6, 6.07) is 7.05. The summed E-state index contributed by atoms with van der Waals surface area (Å²) >= 11 is 1.43. The van der Waals surface area contributed by atoms with Gasteiger partial charge in [0.2, 0.25) is 11.8 Å². The van der Waals surface area contributed by atoms with Gasteiger partial charge in [0.15, 0.2) is 5.78 Å². The number of carbonyl (C=O) groups is 2. The van der Waals surface area contributed by atoms with Crippen LogP contribution in [0.1, 0.15) is 28.9 Å². The molecule has 0 aliphatic heterocycles. The van der Waals surface area contributed by atoms with E-state index in [1.54, 1.807) is 18.2 Å². The van der Waals surface area contributed by atoms with Gasteiger partial charge in [-0.25, -0.2) is 4.98 Å². The molecule has 5 nitrogen and oxygen atoms in total. The summed E-state index contributed by atoms with van der Waals surface area (Å²) in [5.74, 6) is 0.458. The third-order valence-corrected chi connectivity index (χ3v) is 3.74. The number of amides is 1. The fourth-order valence-corrected chi connectivity index (χ4v) is 2.46. The summed E-state index contributed by atoms with van der Waals surface area (Å²) in [5.41, 5.74) is 0.616. The lowest BCUT2D eigenvalue weighted by molar-refractivity contribution is -0.116. The molecule has 2 heterocycles. The zero-order chi connectivity index (χ0) is 15.1. The van der Waals surface area contributed by atoms with Gasteiger partial charge in [-0.1, -0.05) is 6.07 Å². The first-order chi connectivity index (χ1) is 10.2. The molecule has 0 fully saturated rings. The van der Waals surface area contributed by atoms with E-state index in [0.717, 1.165) is 4.88 Å². The first-order valence-corrected chi connectivity index (χ1v) is 7.43. The van der Waals surface area contributed by atoms with Gasteiger partial charge in [0.05, 0.1) is 23.9 Å². The Kier molecular flexibility index (Phi) is 5.45. The molecule has 1 N–H and O–H groups in total. The highest BCUT2D eigenvalue weighted by atomic mass is 32.1. The molecule has 0 radical (unpaired) electrons. The smallest absolute Gasteiger partial charge is 0.224 e. The molecule has 2 aromatic heterocycles. The van der Waals surface area contributed by atoms with Gasteiger partial charge in [0.25, 0.3) is 0 Å². The van der Waals surface area contributed by atoms with Crippen LogP contribution in [0.4, 0.5) is 5.69 Å². The topological polar surface area (TPSA) is 68.3 Å². The van der Waals surface area contributed by atoms with E-state index in [1.165, 1.54) is 24.6 Å². The van der Waals surface area contributed by atoms with E-state index in [-0.39, 0.29) is 11.7 Å². The maximum Gasteiger partial charge on any atom is 0.224 e. The van der Waals surface area contributed by atoms with Crippen LogP contribution in [0, 0.1) is 0 Å². The van der Waals surface area contributed by atoms with Crippen LogP contribution in [0.5, 0.6) is 5.88 Å². The Bertz CT molecular complexity index is 594. The summed E-state index contributed by atoms with van der Waals surface area (Å²) in [6.45, 7) is 0. The zero-order valence-corrected chi connectivity index (χ0v) is 12.5. The van der Waals surface area contributed by atoms with Crippen molar-refractivity contribution in [3.63, 3.8) is 0 Å². The van der Waals surface area contributed by atoms with Gasteiger partial charge in [0, 0.05) is 18.9 Å². The first kappa shape index (κ1) is 15.2. The lowest BCUT2D eigenvalue weighted by Crippen LogP contribution is -2.12. The highest BCUT2D eigenvalue weighted by Crippen LogP contribution is 2.14. The standard InChI is InChI=1S/C15H16N2O3S/c1-20-15-8-7-11(10-16-15)17-14(19)6-2-4-12(18)13-5-3-9-21-13/h3,5,7-10H,2,4,6H2,1H3,(H,17,19). The molecule has 0 bridgehead atoms. The van der Waals surface area contributed by atoms with Crippen LogP contribution in [-0.4, -0.2) is 23.8 Å². The molecule has 21 heavy (non-hydrogen) atoms. The molecule has 110 valence electrons. The van der Waals surface area contributed by atoms with Gasteiger partial charge in [0.1, 0.15) is 0 Å². The van der Waals surface area contributed by atoms with E-state index in [9.17, 15) is 9.59 Å². The van der Waals surface area contributed by atoms with Crippen molar-refractivity contribution >= 4 is 28.7 Å².